The van der Waals surface area contributed by atoms with E-state index >= 15 is 0 Å². The van der Waals surface area contributed by atoms with Crippen molar-refractivity contribution in [3.63, 3.8) is 0 Å². The molecule has 1 atom stereocenters. The van der Waals surface area contributed by atoms with Gasteiger partial charge in [0.1, 0.15) is 22.7 Å². The van der Waals surface area contributed by atoms with Gasteiger partial charge in [0.25, 0.3) is 0 Å². The molecule has 0 bridgehead atoms. The molecule has 23 heavy (non-hydrogen) atoms. The van der Waals surface area contributed by atoms with Crippen LogP contribution < -0.4 is 5.32 Å². The highest BCUT2D eigenvalue weighted by Crippen LogP contribution is 2.21. The standard InChI is InChI=1S/C14H21N7OS/c1-10(2)13-19-18-12(23-13)6-16-14(22)20-5-3-4-11(7-20)21-9-15-8-17-21/h8-11H,3-7H2,1-2H3,(H,16,22)/t11-/m1/s1. The van der Waals surface area contributed by atoms with Gasteiger partial charge < -0.3 is 10.2 Å². The van der Waals surface area contributed by atoms with Gasteiger partial charge in [-0.3, -0.25) is 0 Å². The Balaban J connectivity index is 1.53. The van der Waals surface area contributed by atoms with E-state index in [4.69, 9.17) is 0 Å². The number of carbonyl (C=O) groups is 1. The third kappa shape index (κ3) is 3.84. The molecule has 1 fully saturated rings. The van der Waals surface area contributed by atoms with E-state index < -0.39 is 0 Å². The topological polar surface area (TPSA) is 88.8 Å². The number of nitrogens with one attached hydrogen (secondary N) is 1. The first kappa shape index (κ1) is 15.9. The lowest BCUT2D eigenvalue weighted by molar-refractivity contribution is 0.163. The minimum Gasteiger partial charge on any atom is -0.331 e. The number of urea groups is 1. The Hall–Kier alpha value is -2.03. The molecule has 0 saturated carbocycles. The molecule has 124 valence electrons. The molecule has 0 unspecified atom stereocenters. The Kier molecular flexibility index (Phi) is 4.85. The highest BCUT2D eigenvalue weighted by molar-refractivity contribution is 7.11. The second-order valence-electron chi connectivity index (χ2n) is 5.97. The second kappa shape index (κ2) is 7.03. The molecule has 0 radical (unpaired) electrons. The van der Waals surface area contributed by atoms with Crippen molar-refractivity contribution in [2.45, 2.75) is 45.2 Å². The number of aromatic nitrogens is 5. The van der Waals surface area contributed by atoms with Crippen LogP contribution in [0.4, 0.5) is 4.79 Å². The fraction of sp³-hybridized carbons (Fsp3) is 0.643. The Morgan fingerprint density at radius 2 is 2.35 bits per heavy atom. The minimum atomic E-state index is -0.0592. The first-order valence-electron chi connectivity index (χ1n) is 7.82. The van der Waals surface area contributed by atoms with Crippen molar-refractivity contribution >= 4 is 17.4 Å². The van der Waals surface area contributed by atoms with Gasteiger partial charge in [-0.15, -0.1) is 10.2 Å². The molecule has 1 N–H and O–H groups in total. The molecule has 1 aliphatic heterocycles. The average Bonchev–Trinajstić information content (AvgIpc) is 3.24. The van der Waals surface area contributed by atoms with Crippen LogP contribution in [0.5, 0.6) is 0 Å². The highest BCUT2D eigenvalue weighted by atomic mass is 32.1. The summed E-state index contributed by atoms with van der Waals surface area (Å²) in [6.45, 7) is 6.02. The van der Waals surface area contributed by atoms with Gasteiger partial charge in [0.2, 0.25) is 0 Å². The molecular weight excluding hydrogens is 314 g/mol. The highest BCUT2D eigenvalue weighted by Gasteiger charge is 2.25. The van der Waals surface area contributed by atoms with Crippen LogP contribution in [-0.2, 0) is 6.54 Å². The summed E-state index contributed by atoms with van der Waals surface area (Å²) < 4.78 is 1.83. The number of nitrogens with zero attached hydrogens (tertiary/aromatic N) is 6. The summed E-state index contributed by atoms with van der Waals surface area (Å²) in [5.41, 5.74) is 0. The number of amides is 2. The minimum absolute atomic E-state index is 0.0592. The van der Waals surface area contributed by atoms with Gasteiger partial charge in [-0.2, -0.15) is 5.10 Å². The molecule has 0 aliphatic carbocycles. The van der Waals surface area contributed by atoms with Crippen LogP contribution in [-0.4, -0.2) is 49.0 Å². The van der Waals surface area contributed by atoms with Gasteiger partial charge in [0.15, 0.2) is 0 Å². The number of hydrogen-bond donors (Lipinski definition) is 1. The lowest BCUT2D eigenvalue weighted by Crippen LogP contribution is -2.45. The van der Waals surface area contributed by atoms with E-state index in [1.165, 1.54) is 6.33 Å². The Labute approximate surface area is 138 Å². The Bertz CT molecular complexity index is 639. The fourth-order valence-electron chi connectivity index (χ4n) is 2.60. The van der Waals surface area contributed by atoms with Crippen molar-refractivity contribution in [2.75, 3.05) is 13.1 Å². The van der Waals surface area contributed by atoms with Crippen LogP contribution in [0.3, 0.4) is 0 Å². The Morgan fingerprint density at radius 3 is 3.04 bits per heavy atom. The van der Waals surface area contributed by atoms with Gasteiger partial charge in [0, 0.05) is 19.0 Å². The number of likely N-dealkylation sites (tertiary alicyclic amines) is 1. The largest absolute Gasteiger partial charge is 0.331 e. The third-order valence-electron chi connectivity index (χ3n) is 3.86. The predicted molar refractivity (Wildman–Crippen MR) is 86.1 cm³/mol. The van der Waals surface area contributed by atoms with E-state index in [1.54, 1.807) is 17.7 Å². The van der Waals surface area contributed by atoms with Gasteiger partial charge in [-0.05, 0) is 12.8 Å². The molecule has 2 aromatic heterocycles. The maximum Gasteiger partial charge on any atom is 0.317 e. The van der Waals surface area contributed by atoms with Gasteiger partial charge in [-0.25, -0.2) is 14.5 Å². The molecule has 1 saturated heterocycles. The summed E-state index contributed by atoms with van der Waals surface area (Å²) in [5, 5.41) is 17.2. The molecule has 0 spiro atoms. The lowest BCUT2D eigenvalue weighted by Gasteiger charge is -2.32. The molecule has 8 nitrogen and oxygen atoms in total. The van der Waals surface area contributed by atoms with Crippen LogP contribution in [0.25, 0.3) is 0 Å². The van der Waals surface area contributed by atoms with Gasteiger partial charge in [-0.1, -0.05) is 25.2 Å². The van der Waals surface area contributed by atoms with E-state index in [9.17, 15) is 4.79 Å². The first-order valence-corrected chi connectivity index (χ1v) is 8.64. The monoisotopic (exact) mass is 335 g/mol. The number of piperidine rings is 1. The van der Waals surface area contributed by atoms with Crippen molar-refractivity contribution < 1.29 is 4.79 Å². The van der Waals surface area contributed by atoms with Crippen LogP contribution in [0.15, 0.2) is 12.7 Å². The maximum absolute atomic E-state index is 12.4. The summed E-state index contributed by atoms with van der Waals surface area (Å²) in [4.78, 5) is 18.2. The quantitative estimate of drug-likeness (QED) is 0.920. The molecule has 2 amide bonds. The zero-order valence-electron chi connectivity index (χ0n) is 13.3. The second-order valence-corrected chi connectivity index (χ2v) is 7.06. The SMILES string of the molecule is CC(C)c1nnc(CNC(=O)N2CCC[C@@H](n3cncn3)C2)s1. The van der Waals surface area contributed by atoms with E-state index in [0.717, 1.165) is 29.4 Å². The summed E-state index contributed by atoms with van der Waals surface area (Å²) >= 11 is 1.55. The van der Waals surface area contributed by atoms with Crippen LogP contribution >= 0.6 is 11.3 Å². The lowest BCUT2D eigenvalue weighted by atomic mass is 10.1. The molecule has 2 aromatic rings. The van der Waals surface area contributed by atoms with Gasteiger partial charge in [0.05, 0.1) is 12.6 Å². The van der Waals surface area contributed by atoms with Crippen molar-refractivity contribution in [3.05, 3.63) is 22.7 Å². The molecule has 1 aliphatic rings. The summed E-state index contributed by atoms with van der Waals surface area (Å²) in [5.74, 6) is 0.363. The first-order chi connectivity index (χ1) is 11.1. The molecular formula is C14H21N7OS. The van der Waals surface area contributed by atoms with Crippen LogP contribution in [0.2, 0.25) is 0 Å². The summed E-state index contributed by atoms with van der Waals surface area (Å²) in [7, 11) is 0. The van der Waals surface area contributed by atoms with Crippen LogP contribution in [0, 0.1) is 0 Å². The van der Waals surface area contributed by atoms with E-state index in [-0.39, 0.29) is 12.1 Å². The molecule has 3 rings (SSSR count). The predicted octanol–water partition coefficient (Wildman–Crippen LogP) is 1.80. The maximum atomic E-state index is 12.4. The van der Waals surface area contributed by atoms with Crippen molar-refractivity contribution in [3.8, 4) is 0 Å². The molecule has 9 heteroatoms. The van der Waals surface area contributed by atoms with Crippen molar-refractivity contribution in [2.24, 2.45) is 0 Å². The number of hydrogen-bond acceptors (Lipinski definition) is 6. The smallest absolute Gasteiger partial charge is 0.317 e. The summed E-state index contributed by atoms with van der Waals surface area (Å²) in [6.07, 6.45) is 5.22. The number of rotatable bonds is 4. The zero-order valence-corrected chi connectivity index (χ0v) is 14.2. The molecule has 0 aromatic carbocycles. The zero-order chi connectivity index (χ0) is 16.2. The Morgan fingerprint density at radius 1 is 1.48 bits per heavy atom. The summed E-state index contributed by atoms with van der Waals surface area (Å²) in [6, 6.07) is 0.141. The van der Waals surface area contributed by atoms with Gasteiger partial charge >= 0.3 is 6.03 Å². The van der Waals surface area contributed by atoms with E-state index in [2.05, 4.69) is 39.4 Å². The van der Waals surface area contributed by atoms with E-state index in [1.807, 2.05) is 9.58 Å². The van der Waals surface area contributed by atoms with Crippen molar-refractivity contribution in [1.29, 1.82) is 0 Å². The number of carbonyl (C=O) groups excluding carboxylic acids is 1. The third-order valence-corrected chi connectivity index (χ3v) is 5.09. The normalized spacial score (nSPS) is 18.4. The van der Waals surface area contributed by atoms with Crippen molar-refractivity contribution in [1.82, 2.24) is 35.2 Å². The fourth-order valence-corrected chi connectivity index (χ4v) is 3.38. The average molecular weight is 335 g/mol. The van der Waals surface area contributed by atoms with Crippen LogP contribution in [0.1, 0.15) is 48.7 Å². The molecule has 3 heterocycles. The van der Waals surface area contributed by atoms with E-state index in [0.29, 0.717) is 19.0 Å².